The van der Waals surface area contributed by atoms with E-state index in [1.165, 1.54) is 51.5 Å². The number of ether oxygens (including phenoxy) is 2. The van der Waals surface area contributed by atoms with Gasteiger partial charge < -0.3 is 23.8 Å². The normalized spacial score (nSPS) is 22.1. The fraction of sp³-hybridized carbons (Fsp3) is 0.714. The third-order valence-electron chi connectivity index (χ3n) is 6.47. The van der Waals surface area contributed by atoms with Gasteiger partial charge in [0.2, 0.25) is 11.8 Å². The Hall–Kier alpha value is -2.26. The van der Waals surface area contributed by atoms with Crippen LogP contribution in [-0.4, -0.2) is 88.3 Å². The van der Waals surface area contributed by atoms with Crippen molar-refractivity contribution in [2.24, 2.45) is 5.92 Å². The number of imidazole rings is 1. The fourth-order valence-corrected chi connectivity index (χ4v) is 4.96. The summed E-state index contributed by atoms with van der Waals surface area (Å²) in [6.07, 6.45) is 9.33. The van der Waals surface area contributed by atoms with Gasteiger partial charge in [-0.05, 0) is 44.7 Å². The van der Waals surface area contributed by atoms with Gasteiger partial charge in [-0.1, -0.05) is 6.42 Å². The van der Waals surface area contributed by atoms with Crippen LogP contribution in [0.1, 0.15) is 32.1 Å². The Labute approximate surface area is 177 Å². The molecule has 9 nitrogen and oxygen atoms in total. The van der Waals surface area contributed by atoms with E-state index in [0.29, 0.717) is 42.2 Å². The van der Waals surface area contributed by atoms with E-state index in [0.717, 1.165) is 6.54 Å². The minimum Gasteiger partial charge on any atom is -0.479 e. The highest BCUT2D eigenvalue weighted by Gasteiger charge is 2.34. The number of rotatable bonds is 8. The molecular weight excluding hydrogens is 384 g/mol. The number of amides is 1. The van der Waals surface area contributed by atoms with Gasteiger partial charge in [-0.2, -0.15) is 4.98 Å². The zero-order chi connectivity index (χ0) is 20.9. The van der Waals surface area contributed by atoms with E-state index in [2.05, 4.69) is 19.9 Å². The van der Waals surface area contributed by atoms with E-state index in [1.54, 1.807) is 25.1 Å². The molecular formula is C21H32N6O3. The highest BCUT2D eigenvalue weighted by molar-refractivity contribution is 5.80. The predicted molar refractivity (Wildman–Crippen MR) is 112 cm³/mol. The van der Waals surface area contributed by atoms with Crippen LogP contribution in [0.15, 0.2) is 12.7 Å². The van der Waals surface area contributed by atoms with Crippen molar-refractivity contribution in [3.8, 4) is 5.88 Å². The summed E-state index contributed by atoms with van der Waals surface area (Å²) >= 11 is 0. The number of fused-ring (bicyclic) bond motifs is 2. The molecule has 0 saturated carbocycles. The Bertz CT molecular complexity index is 854. The molecule has 2 saturated heterocycles. The molecule has 0 N–H and O–H groups in total. The number of piperidine rings is 2. The van der Waals surface area contributed by atoms with E-state index in [1.807, 2.05) is 4.90 Å². The van der Waals surface area contributed by atoms with Crippen LogP contribution in [0, 0.1) is 5.92 Å². The Kier molecular flexibility index (Phi) is 6.79. The van der Waals surface area contributed by atoms with Crippen molar-refractivity contribution in [2.75, 3.05) is 47.0 Å². The van der Waals surface area contributed by atoms with E-state index >= 15 is 0 Å². The van der Waals surface area contributed by atoms with Crippen LogP contribution in [0.2, 0.25) is 0 Å². The molecule has 30 heavy (non-hydrogen) atoms. The lowest BCUT2D eigenvalue weighted by Crippen LogP contribution is -2.52. The van der Waals surface area contributed by atoms with Gasteiger partial charge in [0.05, 0.1) is 20.0 Å². The van der Waals surface area contributed by atoms with Crippen molar-refractivity contribution in [3.05, 3.63) is 12.7 Å². The Balaban J connectivity index is 1.48. The number of aromatic nitrogens is 4. The van der Waals surface area contributed by atoms with Gasteiger partial charge in [0.1, 0.15) is 12.9 Å². The molecule has 0 aromatic carbocycles. The van der Waals surface area contributed by atoms with E-state index in [4.69, 9.17) is 9.47 Å². The Morgan fingerprint density at radius 1 is 1.17 bits per heavy atom. The summed E-state index contributed by atoms with van der Waals surface area (Å²) in [5, 5.41) is 0. The lowest BCUT2D eigenvalue weighted by atomic mass is 9.83. The molecule has 2 aromatic rings. The zero-order valence-electron chi connectivity index (χ0n) is 18.0. The van der Waals surface area contributed by atoms with E-state index in [9.17, 15) is 4.79 Å². The van der Waals surface area contributed by atoms with Crippen molar-refractivity contribution in [1.29, 1.82) is 0 Å². The van der Waals surface area contributed by atoms with Crippen LogP contribution >= 0.6 is 0 Å². The molecule has 164 valence electrons. The first-order valence-corrected chi connectivity index (χ1v) is 10.9. The first-order chi connectivity index (χ1) is 14.7. The van der Waals surface area contributed by atoms with Crippen molar-refractivity contribution in [1.82, 2.24) is 29.3 Å². The average molecular weight is 417 g/mol. The molecule has 4 heterocycles. The first kappa shape index (κ1) is 21.0. The zero-order valence-corrected chi connectivity index (χ0v) is 18.0. The monoisotopic (exact) mass is 416 g/mol. The maximum absolute atomic E-state index is 13.3. The Morgan fingerprint density at radius 2 is 2.03 bits per heavy atom. The quantitative estimate of drug-likeness (QED) is 0.646. The molecule has 4 rings (SSSR count). The van der Waals surface area contributed by atoms with Crippen molar-refractivity contribution in [2.45, 2.75) is 44.7 Å². The number of carbonyl (C=O) groups excluding carboxylic acids is 1. The molecule has 0 radical (unpaired) electrons. The smallest absolute Gasteiger partial charge is 0.245 e. The topological polar surface area (TPSA) is 85.6 Å². The van der Waals surface area contributed by atoms with Crippen molar-refractivity contribution >= 4 is 17.1 Å². The predicted octanol–water partition coefficient (Wildman–Crippen LogP) is 1.57. The molecule has 2 aliphatic heterocycles. The number of methoxy groups -OCH3 is 2. The van der Waals surface area contributed by atoms with Crippen molar-refractivity contribution < 1.29 is 14.3 Å². The maximum Gasteiger partial charge on any atom is 0.245 e. The summed E-state index contributed by atoms with van der Waals surface area (Å²) in [6.45, 7) is 4.53. The second-order valence-electron chi connectivity index (χ2n) is 8.26. The lowest BCUT2D eigenvalue weighted by molar-refractivity contribution is -0.134. The number of nitrogens with zero attached hydrogens (tertiary/aromatic N) is 6. The molecule has 2 atom stereocenters. The maximum atomic E-state index is 13.3. The lowest BCUT2D eigenvalue weighted by Gasteiger charge is -2.45. The first-order valence-electron chi connectivity index (χ1n) is 10.9. The molecule has 9 heteroatoms. The third kappa shape index (κ3) is 4.41. The molecule has 1 unspecified atom stereocenters. The van der Waals surface area contributed by atoms with Gasteiger partial charge in [0.25, 0.3) is 0 Å². The summed E-state index contributed by atoms with van der Waals surface area (Å²) in [7, 11) is 3.23. The van der Waals surface area contributed by atoms with Gasteiger partial charge >= 0.3 is 0 Å². The second-order valence-corrected chi connectivity index (χ2v) is 8.26. The summed E-state index contributed by atoms with van der Waals surface area (Å²) in [4.78, 5) is 30.6. The average Bonchev–Trinajstić information content (AvgIpc) is 3.19. The van der Waals surface area contributed by atoms with Gasteiger partial charge in [-0.25, -0.2) is 9.97 Å². The van der Waals surface area contributed by atoms with E-state index < -0.39 is 0 Å². The molecule has 2 aromatic heterocycles. The van der Waals surface area contributed by atoms with E-state index in [-0.39, 0.29) is 12.5 Å². The van der Waals surface area contributed by atoms with Crippen LogP contribution in [0.5, 0.6) is 5.88 Å². The highest BCUT2D eigenvalue weighted by atomic mass is 16.5. The minimum absolute atomic E-state index is 0.0665. The van der Waals surface area contributed by atoms with Gasteiger partial charge in [-0.3, -0.25) is 4.79 Å². The largest absolute Gasteiger partial charge is 0.479 e. The SMILES string of the molecule is COCCN(C[C@@H]1CCCN2CCCCC12)C(=O)Cn1cnc2c(OC)ncnc21. The number of hydrogen-bond donors (Lipinski definition) is 0. The summed E-state index contributed by atoms with van der Waals surface area (Å²) in [5.74, 6) is 1.01. The second kappa shape index (κ2) is 9.70. The van der Waals surface area contributed by atoms with Gasteiger partial charge in [-0.15, -0.1) is 0 Å². The van der Waals surface area contributed by atoms with Gasteiger partial charge in [0, 0.05) is 26.2 Å². The summed E-state index contributed by atoms with van der Waals surface area (Å²) in [6, 6.07) is 0.608. The molecule has 1 amide bonds. The van der Waals surface area contributed by atoms with Gasteiger partial charge in [0.15, 0.2) is 11.2 Å². The minimum atomic E-state index is 0.0665. The fourth-order valence-electron chi connectivity index (χ4n) is 4.96. The molecule has 0 spiro atoms. The summed E-state index contributed by atoms with van der Waals surface area (Å²) in [5.41, 5.74) is 1.18. The third-order valence-corrected chi connectivity index (χ3v) is 6.47. The standard InChI is InChI=1S/C21H32N6O3/c1-29-11-10-26(12-16-6-5-9-25-8-4-3-7-17(16)25)18(28)13-27-15-24-19-20(27)22-14-23-21(19)30-2/h14-17H,3-13H2,1-2H3/t16-,17?/m0/s1. The van der Waals surface area contributed by atoms with Crippen LogP contribution in [0.25, 0.3) is 11.2 Å². The van der Waals surface area contributed by atoms with Crippen LogP contribution in [-0.2, 0) is 16.1 Å². The number of hydrogen-bond acceptors (Lipinski definition) is 7. The number of carbonyl (C=O) groups is 1. The summed E-state index contributed by atoms with van der Waals surface area (Å²) < 4.78 is 12.3. The van der Waals surface area contributed by atoms with Crippen molar-refractivity contribution in [3.63, 3.8) is 0 Å². The molecule has 0 aliphatic carbocycles. The molecule has 2 aliphatic rings. The molecule has 0 bridgehead atoms. The molecule has 2 fully saturated rings. The van der Waals surface area contributed by atoms with Crippen LogP contribution < -0.4 is 4.74 Å². The Morgan fingerprint density at radius 3 is 2.87 bits per heavy atom. The highest BCUT2D eigenvalue weighted by Crippen LogP contribution is 2.31. The van der Waals surface area contributed by atoms with Crippen LogP contribution in [0.4, 0.5) is 0 Å². The van der Waals surface area contributed by atoms with Crippen LogP contribution in [0.3, 0.4) is 0 Å².